The molecule has 3 aliphatic rings. The number of anilines is 2. The Morgan fingerprint density at radius 1 is 1.08 bits per heavy atom. The molecule has 3 N–H and O–H groups in total. The Hall–Kier alpha value is -3.16. The number of halogens is 3. The zero-order valence-corrected chi connectivity index (χ0v) is 21.4. The predicted octanol–water partition coefficient (Wildman–Crippen LogP) is 3.07. The van der Waals surface area contributed by atoms with Crippen LogP contribution in [0.15, 0.2) is 17.8 Å². The van der Waals surface area contributed by atoms with Gasteiger partial charge < -0.3 is 10.6 Å². The van der Waals surface area contributed by atoms with E-state index < -0.39 is 34.1 Å². The van der Waals surface area contributed by atoms with E-state index in [1.165, 1.54) is 0 Å². The minimum absolute atomic E-state index is 0.00351. The van der Waals surface area contributed by atoms with E-state index in [-0.39, 0.29) is 30.0 Å². The fourth-order valence-electron chi connectivity index (χ4n) is 4.90. The molecule has 0 unspecified atom stereocenters. The Bertz CT molecular complexity index is 1380. The maximum Gasteiger partial charge on any atom is 0.390 e. The van der Waals surface area contributed by atoms with Gasteiger partial charge in [0.05, 0.1) is 30.5 Å². The molecule has 1 saturated heterocycles. The van der Waals surface area contributed by atoms with Crippen LogP contribution in [0.1, 0.15) is 56.9 Å². The number of hydrogen-bond acceptors (Lipinski definition) is 8. The van der Waals surface area contributed by atoms with Crippen LogP contribution >= 0.6 is 0 Å². The SMILES string of the molecule is O=C1C/C(=C\c2cnn3c(NC4CC4)cc(NC4CCC(CS(=O)(=O)CCC(F)(F)F)CC4)nc23)C(=O)N1. The summed E-state index contributed by atoms with van der Waals surface area (Å²) < 4.78 is 63.3. The van der Waals surface area contributed by atoms with E-state index in [0.717, 1.165) is 18.7 Å². The summed E-state index contributed by atoms with van der Waals surface area (Å²) in [5, 5.41) is 13.5. The van der Waals surface area contributed by atoms with Crippen molar-refractivity contribution in [2.24, 2.45) is 5.92 Å². The highest BCUT2D eigenvalue weighted by atomic mass is 32.2. The number of hydrogen-bond donors (Lipinski definition) is 3. The number of rotatable bonds is 9. The molecule has 0 atom stereocenters. The van der Waals surface area contributed by atoms with Gasteiger partial charge in [0.1, 0.15) is 11.6 Å². The molecule has 3 fully saturated rings. The predicted molar refractivity (Wildman–Crippen MR) is 134 cm³/mol. The molecule has 2 saturated carbocycles. The molecule has 0 aromatic carbocycles. The largest absolute Gasteiger partial charge is 0.390 e. The third kappa shape index (κ3) is 6.63. The molecule has 14 heteroatoms. The zero-order valence-electron chi connectivity index (χ0n) is 20.6. The number of fused-ring (bicyclic) bond motifs is 1. The van der Waals surface area contributed by atoms with E-state index in [2.05, 4.69) is 21.0 Å². The molecule has 10 nitrogen and oxygen atoms in total. The van der Waals surface area contributed by atoms with Crippen LogP contribution in [0, 0.1) is 5.92 Å². The van der Waals surface area contributed by atoms with E-state index in [9.17, 15) is 31.2 Å². The van der Waals surface area contributed by atoms with E-state index in [1.54, 1.807) is 16.8 Å². The summed E-state index contributed by atoms with van der Waals surface area (Å²) in [6.45, 7) is 0. The number of imide groups is 1. The topological polar surface area (TPSA) is 135 Å². The molecule has 2 aromatic rings. The van der Waals surface area contributed by atoms with E-state index >= 15 is 0 Å². The lowest BCUT2D eigenvalue weighted by atomic mass is 9.87. The van der Waals surface area contributed by atoms with E-state index in [1.807, 2.05) is 6.07 Å². The first kappa shape index (κ1) is 26.4. The fraction of sp³-hybridized carbons (Fsp3) is 0.583. The maximum atomic E-state index is 12.4. The molecule has 1 aliphatic heterocycles. The Labute approximate surface area is 217 Å². The van der Waals surface area contributed by atoms with Gasteiger partial charge in [0, 0.05) is 29.3 Å². The van der Waals surface area contributed by atoms with Crippen LogP contribution < -0.4 is 16.0 Å². The number of alkyl halides is 3. The lowest BCUT2D eigenvalue weighted by Gasteiger charge is -2.29. The number of amides is 2. The second-order valence-corrected chi connectivity index (χ2v) is 12.6. The van der Waals surface area contributed by atoms with Gasteiger partial charge in [-0.05, 0) is 50.5 Å². The second-order valence-electron chi connectivity index (χ2n) is 10.3. The Kier molecular flexibility index (Phi) is 7.09. The van der Waals surface area contributed by atoms with Gasteiger partial charge >= 0.3 is 6.18 Å². The minimum atomic E-state index is -4.48. The molecular formula is C24H29F3N6O4S. The molecule has 2 aliphatic carbocycles. The van der Waals surface area contributed by atoms with Crippen molar-refractivity contribution in [3.63, 3.8) is 0 Å². The zero-order chi connectivity index (χ0) is 27.1. The van der Waals surface area contributed by atoms with Crippen molar-refractivity contribution in [1.82, 2.24) is 19.9 Å². The Morgan fingerprint density at radius 3 is 2.39 bits per heavy atom. The Morgan fingerprint density at radius 2 is 1.76 bits per heavy atom. The summed E-state index contributed by atoms with van der Waals surface area (Å²) >= 11 is 0. The molecule has 0 spiro atoms. The fourth-order valence-corrected chi connectivity index (χ4v) is 6.66. The van der Waals surface area contributed by atoms with Crippen LogP contribution in [0.25, 0.3) is 11.7 Å². The number of nitrogens with zero attached hydrogens (tertiary/aromatic N) is 3. The normalized spacial score (nSPS) is 23.7. The van der Waals surface area contributed by atoms with Gasteiger partial charge in [-0.2, -0.15) is 22.8 Å². The average molecular weight is 555 g/mol. The molecule has 2 amide bonds. The maximum absolute atomic E-state index is 12.4. The summed E-state index contributed by atoms with van der Waals surface area (Å²) in [6.07, 6.45) is 2.00. The van der Waals surface area contributed by atoms with Crippen LogP contribution in [0.2, 0.25) is 0 Å². The van der Waals surface area contributed by atoms with E-state index in [4.69, 9.17) is 4.98 Å². The van der Waals surface area contributed by atoms with Gasteiger partial charge in [-0.15, -0.1) is 0 Å². The van der Waals surface area contributed by atoms with Crippen molar-refractivity contribution in [2.45, 2.75) is 69.6 Å². The standard InChI is InChI=1S/C24H29F3N6O4S/c25-24(26,27)7-8-38(36,37)13-14-1-3-17(4-2-14)29-19-11-20(30-18-5-6-18)33-22(31-19)16(12-28-33)9-15-10-21(34)32-23(15)35/h9,11-12,14,17-18,30H,1-8,10,13H2,(H,29,31)(H,32,34,35)/b15-9+. The van der Waals surface area contributed by atoms with Gasteiger partial charge in [0.15, 0.2) is 15.5 Å². The molecule has 206 valence electrons. The van der Waals surface area contributed by atoms with Crippen LogP contribution in [0.4, 0.5) is 24.8 Å². The first-order valence-electron chi connectivity index (χ1n) is 12.7. The molecule has 0 bridgehead atoms. The van der Waals surface area contributed by atoms with Gasteiger partial charge in [0.2, 0.25) is 5.91 Å². The van der Waals surface area contributed by atoms with Crippen molar-refractivity contribution < 1.29 is 31.2 Å². The number of nitrogens with one attached hydrogen (secondary N) is 3. The van der Waals surface area contributed by atoms with E-state index in [0.29, 0.717) is 54.3 Å². The lowest BCUT2D eigenvalue weighted by molar-refractivity contribution is -0.130. The number of carbonyl (C=O) groups excluding carboxylic acids is 2. The summed E-state index contributed by atoms with van der Waals surface area (Å²) in [7, 11) is -3.77. The van der Waals surface area contributed by atoms with Gasteiger partial charge in [0.25, 0.3) is 5.91 Å². The van der Waals surface area contributed by atoms with Crippen LogP contribution in [0.5, 0.6) is 0 Å². The molecule has 5 rings (SSSR count). The molecule has 0 radical (unpaired) electrons. The summed E-state index contributed by atoms with van der Waals surface area (Å²) in [6, 6.07) is 2.22. The van der Waals surface area contributed by atoms with Gasteiger partial charge in [-0.1, -0.05) is 0 Å². The first-order chi connectivity index (χ1) is 17.9. The highest BCUT2D eigenvalue weighted by molar-refractivity contribution is 7.91. The summed E-state index contributed by atoms with van der Waals surface area (Å²) in [5.41, 5.74) is 1.45. The van der Waals surface area contributed by atoms with Crippen LogP contribution in [0.3, 0.4) is 0 Å². The summed E-state index contributed by atoms with van der Waals surface area (Å²) in [4.78, 5) is 28.3. The average Bonchev–Trinajstić information content (AvgIpc) is 3.47. The van der Waals surface area contributed by atoms with Crippen molar-refractivity contribution >= 4 is 45.0 Å². The van der Waals surface area contributed by atoms with Gasteiger partial charge in [-0.25, -0.2) is 13.4 Å². The Balaban J connectivity index is 1.28. The van der Waals surface area contributed by atoms with Gasteiger partial charge in [-0.3, -0.25) is 14.9 Å². The quantitative estimate of drug-likeness (QED) is 0.318. The number of aromatic nitrogens is 3. The summed E-state index contributed by atoms with van der Waals surface area (Å²) in [5.74, 6) is -0.712. The molecule has 2 aromatic heterocycles. The molecule has 38 heavy (non-hydrogen) atoms. The highest BCUT2D eigenvalue weighted by Gasteiger charge is 2.32. The highest BCUT2D eigenvalue weighted by Crippen LogP contribution is 2.31. The third-order valence-electron chi connectivity index (χ3n) is 7.04. The number of sulfone groups is 1. The smallest absolute Gasteiger partial charge is 0.367 e. The second kappa shape index (κ2) is 10.2. The monoisotopic (exact) mass is 554 g/mol. The van der Waals surface area contributed by atoms with Crippen molar-refractivity contribution in [3.05, 3.63) is 23.4 Å². The van der Waals surface area contributed by atoms with Crippen molar-refractivity contribution in [3.8, 4) is 0 Å². The lowest BCUT2D eigenvalue weighted by Crippen LogP contribution is -2.30. The van der Waals surface area contributed by atoms with Crippen molar-refractivity contribution in [1.29, 1.82) is 0 Å². The number of carbonyl (C=O) groups is 2. The third-order valence-corrected chi connectivity index (χ3v) is 8.84. The minimum Gasteiger partial charge on any atom is -0.367 e. The van der Waals surface area contributed by atoms with Crippen LogP contribution in [-0.4, -0.2) is 64.6 Å². The van der Waals surface area contributed by atoms with Crippen molar-refractivity contribution in [2.75, 3.05) is 22.1 Å². The molecule has 3 heterocycles. The molecular weight excluding hydrogens is 525 g/mol. The van der Waals surface area contributed by atoms with Crippen LogP contribution in [-0.2, 0) is 19.4 Å². The first-order valence-corrected chi connectivity index (χ1v) is 14.5.